The van der Waals surface area contributed by atoms with E-state index >= 15 is 0 Å². The summed E-state index contributed by atoms with van der Waals surface area (Å²) in [4.78, 5) is 25.2. The topological polar surface area (TPSA) is 118 Å². The lowest BCUT2D eigenvalue weighted by Gasteiger charge is -2.17. The minimum Gasteiger partial charge on any atom is -0.497 e. The molecule has 3 N–H and O–H groups in total. The molecule has 35 heavy (non-hydrogen) atoms. The van der Waals surface area contributed by atoms with Gasteiger partial charge in [-0.2, -0.15) is 0 Å². The molecule has 1 aromatic heterocycles. The maximum atomic E-state index is 12.7. The van der Waals surface area contributed by atoms with E-state index in [1.54, 1.807) is 42.0 Å². The molecule has 3 rings (SSSR count). The maximum Gasteiger partial charge on any atom is 0.251 e. The van der Waals surface area contributed by atoms with Crippen molar-refractivity contribution < 1.29 is 19.4 Å². The van der Waals surface area contributed by atoms with Gasteiger partial charge >= 0.3 is 0 Å². The molecule has 0 aliphatic heterocycles. The third kappa shape index (κ3) is 6.93. The molecule has 1 atom stereocenters. The van der Waals surface area contributed by atoms with Crippen LogP contribution in [0, 0.1) is 13.8 Å². The Hall–Kier alpha value is -3.63. The van der Waals surface area contributed by atoms with Crippen LogP contribution in [0.4, 0.5) is 5.69 Å². The number of thioether (sulfide) groups is 1. The van der Waals surface area contributed by atoms with Gasteiger partial charge in [0.2, 0.25) is 5.91 Å². The fourth-order valence-corrected chi connectivity index (χ4v) is 4.27. The average molecular weight is 496 g/mol. The van der Waals surface area contributed by atoms with E-state index in [2.05, 4.69) is 27.4 Å². The number of anilines is 1. The zero-order valence-corrected chi connectivity index (χ0v) is 20.8. The van der Waals surface area contributed by atoms with Crippen LogP contribution in [0.15, 0.2) is 60.3 Å². The number of nitrogens with one attached hydrogen (secondary N) is 2. The second-order valence-electron chi connectivity index (χ2n) is 7.89. The first-order chi connectivity index (χ1) is 16.8. The summed E-state index contributed by atoms with van der Waals surface area (Å²) in [7, 11) is 1.55. The highest BCUT2D eigenvalue weighted by molar-refractivity contribution is 7.99. The molecule has 9 nitrogen and oxygen atoms in total. The lowest BCUT2D eigenvalue weighted by atomic mass is 10.1. The van der Waals surface area contributed by atoms with Gasteiger partial charge in [0, 0.05) is 17.8 Å². The average Bonchev–Trinajstić information content (AvgIpc) is 3.23. The van der Waals surface area contributed by atoms with Gasteiger partial charge in [0.25, 0.3) is 5.91 Å². The summed E-state index contributed by atoms with van der Waals surface area (Å²) in [6.07, 6.45) is 1.66. The van der Waals surface area contributed by atoms with Crippen LogP contribution in [0.1, 0.15) is 33.4 Å². The Morgan fingerprint density at radius 3 is 2.46 bits per heavy atom. The second-order valence-corrected chi connectivity index (χ2v) is 8.83. The number of carbonyl (C=O) groups is 2. The van der Waals surface area contributed by atoms with Gasteiger partial charge in [-0.25, -0.2) is 0 Å². The zero-order valence-electron chi connectivity index (χ0n) is 19.9. The predicted octanol–water partition coefficient (Wildman–Crippen LogP) is 3.28. The summed E-state index contributed by atoms with van der Waals surface area (Å²) in [5, 5.41) is 24.5. The number of ether oxygens (including phenoxy) is 1. The summed E-state index contributed by atoms with van der Waals surface area (Å²) in [5.41, 5.74) is 3.28. The molecule has 0 radical (unpaired) electrons. The van der Waals surface area contributed by atoms with Gasteiger partial charge in [0.1, 0.15) is 11.8 Å². The standard InChI is InChI=1S/C25H29N5O4S/c1-5-10-30-23(21(14-31)27-24(33)18-6-8-20(34-4)9-7-18)28-29-25(30)35-15-22(32)26-19-12-16(2)11-17(3)13-19/h5-9,11-13,21,31H,1,10,14-15H2,2-4H3,(H,26,32)(H,27,33)/t21-/m1/s1. The van der Waals surface area contributed by atoms with Crippen LogP contribution in [-0.4, -0.2) is 51.2 Å². The van der Waals surface area contributed by atoms with Gasteiger partial charge in [-0.3, -0.25) is 9.59 Å². The Bertz CT molecular complexity index is 1170. The van der Waals surface area contributed by atoms with Crippen LogP contribution in [0.25, 0.3) is 0 Å². The Labute approximate surface area is 208 Å². The van der Waals surface area contributed by atoms with Crippen molar-refractivity contribution in [3.05, 3.63) is 77.6 Å². The van der Waals surface area contributed by atoms with E-state index in [0.29, 0.717) is 28.8 Å². The van der Waals surface area contributed by atoms with Crippen molar-refractivity contribution in [3.8, 4) is 5.75 Å². The van der Waals surface area contributed by atoms with Crippen molar-refractivity contribution in [1.82, 2.24) is 20.1 Å². The van der Waals surface area contributed by atoms with Crippen LogP contribution in [-0.2, 0) is 11.3 Å². The Morgan fingerprint density at radius 2 is 1.86 bits per heavy atom. The number of aromatic nitrogens is 3. The molecule has 184 valence electrons. The molecule has 0 fully saturated rings. The molecule has 0 aliphatic carbocycles. The van der Waals surface area contributed by atoms with Crippen molar-refractivity contribution in [1.29, 1.82) is 0 Å². The number of hydrogen-bond donors (Lipinski definition) is 3. The lowest BCUT2D eigenvalue weighted by Crippen LogP contribution is -2.33. The van der Waals surface area contributed by atoms with Crippen molar-refractivity contribution in [2.75, 3.05) is 24.8 Å². The maximum absolute atomic E-state index is 12.7. The van der Waals surface area contributed by atoms with E-state index in [4.69, 9.17) is 4.74 Å². The monoisotopic (exact) mass is 495 g/mol. The summed E-state index contributed by atoms with van der Waals surface area (Å²) >= 11 is 1.21. The zero-order chi connectivity index (χ0) is 25.4. The minimum absolute atomic E-state index is 0.115. The van der Waals surface area contributed by atoms with Gasteiger partial charge in [-0.15, -0.1) is 16.8 Å². The largest absolute Gasteiger partial charge is 0.497 e. The molecule has 10 heteroatoms. The van der Waals surface area contributed by atoms with Gasteiger partial charge < -0.3 is 25.0 Å². The highest BCUT2D eigenvalue weighted by Crippen LogP contribution is 2.22. The number of aryl methyl sites for hydroxylation is 2. The molecule has 0 spiro atoms. The quantitative estimate of drug-likeness (QED) is 0.276. The molecule has 2 aromatic carbocycles. The van der Waals surface area contributed by atoms with Gasteiger partial charge in [0.05, 0.1) is 19.5 Å². The molecular weight excluding hydrogens is 466 g/mol. The van der Waals surface area contributed by atoms with Crippen molar-refractivity contribution in [2.45, 2.75) is 31.6 Å². The van der Waals surface area contributed by atoms with E-state index in [9.17, 15) is 14.7 Å². The molecular formula is C25H29N5O4S. The summed E-state index contributed by atoms with van der Waals surface area (Å²) in [5.74, 6) is 0.563. The molecule has 1 heterocycles. The molecule has 0 aliphatic rings. The van der Waals surface area contributed by atoms with E-state index < -0.39 is 6.04 Å². The molecule has 0 bridgehead atoms. The predicted molar refractivity (Wildman–Crippen MR) is 136 cm³/mol. The van der Waals surface area contributed by atoms with Crippen LogP contribution in [0.2, 0.25) is 0 Å². The number of amides is 2. The fourth-order valence-electron chi connectivity index (χ4n) is 3.52. The molecule has 2 amide bonds. The Kier molecular flexibility index (Phi) is 9.04. The Morgan fingerprint density at radius 1 is 1.17 bits per heavy atom. The summed E-state index contributed by atoms with van der Waals surface area (Å²) < 4.78 is 6.83. The first kappa shape index (κ1) is 26.0. The molecule has 0 unspecified atom stereocenters. The normalized spacial score (nSPS) is 11.5. The van der Waals surface area contributed by atoms with Crippen LogP contribution < -0.4 is 15.4 Å². The van der Waals surface area contributed by atoms with E-state index in [1.165, 1.54) is 11.8 Å². The second kappa shape index (κ2) is 12.2. The van der Waals surface area contributed by atoms with Crippen molar-refractivity contribution in [2.24, 2.45) is 0 Å². The first-order valence-corrected chi connectivity index (χ1v) is 11.9. The summed E-state index contributed by atoms with van der Waals surface area (Å²) in [6, 6.07) is 11.7. The number of aliphatic hydroxyl groups excluding tert-OH is 1. The van der Waals surface area contributed by atoms with E-state index in [0.717, 1.165) is 16.8 Å². The number of rotatable bonds is 11. The van der Waals surface area contributed by atoms with Gasteiger partial charge in [0.15, 0.2) is 11.0 Å². The van der Waals surface area contributed by atoms with E-state index in [-0.39, 0.29) is 24.2 Å². The Balaban J connectivity index is 1.70. The van der Waals surface area contributed by atoms with E-state index in [1.807, 2.05) is 32.0 Å². The molecule has 0 saturated heterocycles. The highest BCUT2D eigenvalue weighted by atomic mass is 32.2. The summed E-state index contributed by atoms with van der Waals surface area (Å²) in [6.45, 7) is 7.68. The van der Waals surface area contributed by atoms with Crippen LogP contribution in [0.5, 0.6) is 5.75 Å². The van der Waals surface area contributed by atoms with Gasteiger partial charge in [-0.1, -0.05) is 23.9 Å². The number of allylic oxidation sites excluding steroid dienone is 1. The SMILES string of the molecule is C=CCn1c(SCC(=O)Nc2cc(C)cc(C)c2)nnc1[C@@H](CO)NC(=O)c1ccc(OC)cc1. The first-order valence-electron chi connectivity index (χ1n) is 10.9. The number of benzene rings is 2. The number of methoxy groups -OCH3 is 1. The third-order valence-corrected chi connectivity index (χ3v) is 6.01. The lowest BCUT2D eigenvalue weighted by molar-refractivity contribution is -0.113. The number of hydrogen-bond acceptors (Lipinski definition) is 7. The van der Waals surface area contributed by atoms with Crippen molar-refractivity contribution in [3.63, 3.8) is 0 Å². The fraction of sp³-hybridized carbons (Fsp3) is 0.280. The third-order valence-electron chi connectivity index (χ3n) is 5.05. The highest BCUT2D eigenvalue weighted by Gasteiger charge is 2.23. The smallest absolute Gasteiger partial charge is 0.251 e. The van der Waals surface area contributed by atoms with Gasteiger partial charge in [-0.05, 0) is 61.4 Å². The molecule has 3 aromatic rings. The van der Waals surface area contributed by atoms with Crippen LogP contribution in [0.3, 0.4) is 0 Å². The van der Waals surface area contributed by atoms with Crippen molar-refractivity contribution >= 4 is 29.3 Å². The number of carbonyl (C=O) groups excluding carboxylic acids is 2. The minimum atomic E-state index is -0.796. The number of aliphatic hydroxyl groups is 1. The molecule has 0 saturated carbocycles. The van der Waals surface area contributed by atoms with Crippen LogP contribution >= 0.6 is 11.8 Å². The number of nitrogens with zero attached hydrogens (tertiary/aromatic N) is 3.